The van der Waals surface area contributed by atoms with Crippen molar-refractivity contribution in [3.8, 4) is 17.9 Å². The summed E-state index contributed by atoms with van der Waals surface area (Å²) >= 11 is 0. The van der Waals surface area contributed by atoms with Crippen LogP contribution >= 0.6 is 0 Å². The van der Waals surface area contributed by atoms with Crippen molar-refractivity contribution in [1.82, 2.24) is 20.1 Å². The molecule has 0 bridgehead atoms. The number of benzene rings is 2. The molecule has 3 heterocycles. The van der Waals surface area contributed by atoms with Crippen molar-refractivity contribution in [3.05, 3.63) is 94.8 Å². The molecule has 2 amide bonds. The van der Waals surface area contributed by atoms with Crippen LogP contribution in [-0.2, 0) is 6.54 Å². The minimum Gasteiger partial charge on any atom is -0.487 e. The molecule has 10 heteroatoms. The lowest BCUT2D eigenvalue weighted by molar-refractivity contribution is 0.0202. The van der Waals surface area contributed by atoms with Crippen molar-refractivity contribution in [2.45, 2.75) is 44.1 Å². The summed E-state index contributed by atoms with van der Waals surface area (Å²) in [6, 6.07) is 21.3. The Hall–Kier alpha value is -4.80. The maximum atomic E-state index is 14.9. The van der Waals surface area contributed by atoms with Gasteiger partial charge >= 0.3 is 0 Å². The Bertz CT molecular complexity index is 1470. The molecule has 0 radical (unpaired) electrons. The average Bonchev–Trinajstić information content (AvgIpc) is 3.03. The van der Waals surface area contributed by atoms with E-state index in [-0.39, 0.29) is 30.1 Å². The van der Waals surface area contributed by atoms with Crippen LogP contribution in [0.4, 0.5) is 4.39 Å². The van der Waals surface area contributed by atoms with Crippen LogP contribution in [0.2, 0.25) is 0 Å². The van der Waals surface area contributed by atoms with E-state index in [0.717, 1.165) is 38.0 Å². The monoisotopic (exact) mass is 566 g/mol. The van der Waals surface area contributed by atoms with Crippen LogP contribution in [0.5, 0.6) is 5.75 Å². The molecule has 1 aromatic heterocycles. The normalized spacial score (nSPS) is 19.4. The van der Waals surface area contributed by atoms with E-state index in [1.165, 1.54) is 17.2 Å². The lowest BCUT2D eigenvalue weighted by Gasteiger charge is -2.34. The van der Waals surface area contributed by atoms with Gasteiger partial charge in [0.15, 0.2) is 6.17 Å². The topological polar surface area (TPSA) is 122 Å². The highest BCUT2D eigenvalue weighted by molar-refractivity contribution is 5.96. The van der Waals surface area contributed by atoms with E-state index in [1.807, 2.05) is 30.3 Å². The van der Waals surface area contributed by atoms with Crippen molar-refractivity contribution in [2.24, 2.45) is 0 Å². The summed E-state index contributed by atoms with van der Waals surface area (Å²) in [4.78, 5) is 33.8. The van der Waals surface area contributed by atoms with Crippen LogP contribution in [0.25, 0.3) is 0 Å². The molecule has 2 aliphatic rings. The van der Waals surface area contributed by atoms with Crippen molar-refractivity contribution in [1.29, 1.82) is 10.5 Å². The highest BCUT2D eigenvalue weighted by Crippen LogP contribution is 2.23. The molecule has 3 aromatic rings. The Morgan fingerprint density at radius 2 is 1.60 bits per heavy atom. The maximum absolute atomic E-state index is 14.9. The molecule has 2 aromatic carbocycles. The van der Waals surface area contributed by atoms with E-state index >= 15 is 0 Å². The number of halogens is 1. The fourth-order valence-electron chi connectivity index (χ4n) is 5.26. The van der Waals surface area contributed by atoms with Gasteiger partial charge in [0.1, 0.15) is 17.5 Å². The molecule has 214 valence electrons. The van der Waals surface area contributed by atoms with Gasteiger partial charge in [-0.1, -0.05) is 12.1 Å². The summed E-state index contributed by atoms with van der Waals surface area (Å²) in [6.45, 7) is 2.71. The summed E-state index contributed by atoms with van der Waals surface area (Å²) in [5.41, 5.74) is 2.81. The lowest BCUT2D eigenvalue weighted by atomic mass is 10.0. The third kappa shape index (κ3) is 7.09. The number of nitrogens with zero attached hydrogens (tertiary/aromatic N) is 5. The number of alkyl halides is 1. The van der Waals surface area contributed by atoms with E-state index in [0.29, 0.717) is 35.4 Å². The number of piperidine rings is 2. The highest BCUT2D eigenvalue weighted by atomic mass is 19.1. The number of nitriles is 2. The van der Waals surface area contributed by atoms with Crippen LogP contribution in [0, 0.1) is 22.7 Å². The second-order valence-corrected chi connectivity index (χ2v) is 10.6. The Balaban J connectivity index is 1.07. The number of amides is 2. The van der Waals surface area contributed by atoms with Gasteiger partial charge in [-0.25, -0.2) is 4.39 Å². The molecule has 2 atom stereocenters. The number of carbonyl (C=O) groups excluding carboxylic acids is 2. The van der Waals surface area contributed by atoms with E-state index in [4.69, 9.17) is 15.3 Å². The number of ether oxygens (including phenoxy) is 1. The van der Waals surface area contributed by atoms with Gasteiger partial charge in [0.25, 0.3) is 11.8 Å². The van der Waals surface area contributed by atoms with E-state index in [9.17, 15) is 14.0 Å². The highest BCUT2D eigenvalue weighted by Gasteiger charge is 2.33. The number of rotatable bonds is 7. The number of nitrogens with one attached hydrogen (secondary N) is 1. The lowest BCUT2D eigenvalue weighted by Crippen LogP contribution is -2.49. The molecule has 5 rings (SSSR count). The van der Waals surface area contributed by atoms with Gasteiger partial charge in [-0.3, -0.25) is 19.5 Å². The maximum Gasteiger partial charge on any atom is 0.270 e. The van der Waals surface area contributed by atoms with Crippen LogP contribution in [0.3, 0.4) is 0 Å². The predicted molar refractivity (Wildman–Crippen MR) is 152 cm³/mol. The van der Waals surface area contributed by atoms with E-state index < -0.39 is 12.3 Å². The third-order valence-electron chi connectivity index (χ3n) is 7.69. The Morgan fingerprint density at radius 1 is 0.929 bits per heavy atom. The first-order valence-electron chi connectivity index (χ1n) is 14.0. The van der Waals surface area contributed by atoms with Crippen molar-refractivity contribution < 1.29 is 18.7 Å². The van der Waals surface area contributed by atoms with Crippen LogP contribution in [-0.4, -0.2) is 71.1 Å². The fourth-order valence-corrected chi connectivity index (χ4v) is 5.26. The Kier molecular flexibility index (Phi) is 9.05. The number of aromatic nitrogens is 1. The molecule has 0 saturated carbocycles. The Labute approximate surface area is 244 Å². The van der Waals surface area contributed by atoms with Crippen molar-refractivity contribution in [3.63, 3.8) is 0 Å². The smallest absolute Gasteiger partial charge is 0.270 e. The van der Waals surface area contributed by atoms with E-state index in [1.54, 1.807) is 30.3 Å². The quantitative estimate of drug-likeness (QED) is 0.461. The molecule has 0 unspecified atom stereocenters. The van der Waals surface area contributed by atoms with E-state index in [2.05, 4.69) is 21.3 Å². The summed E-state index contributed by atoms with van der Waals surface area (Å²) < 4.78 is 20.7. The van der Waals surface area contributed by atoms with Gasteiger partial charge in [-0.05, 0) is 66.9 Å². The van der Waals surface area contributed by atoms with Crippen molar-refractivity contribution in [2.75, 3.05) is 26.2 Å². The molecule has 0 aliphatic carbocycles. The van der Waals surface area contributed by atoms with Gasteiger partial charge in [0, 0.05) is 44.8 Å². The molecule has 2 saturated heterocycles. The number of pyridine rings is 1. The van der Waals surface area contributed by atoms with Crippen LogP contribution in [0.1, 0.15) is 56.8 Å². The summed E-state index contributed by atoms with van der Waals surface area (Å²) in [6.07, 6.45) is 1.26. The molecule has 9 nitrogen and oxygen atoms in total. The average molecular weight is 567 g/mol. The number of likely N-dealkylation sites (tertiary alicyclic amines) is 2. The predicted octanol–water partition coefficient (Wildman–Crippen LogP) is 3.85. The van der Waals surface area contributed by atoms with Crippen molar-refractivity contribution >= 4 is 11.8 Å². The minimum absolute atomic E-state index is 0.0344. The van der Waals surface area contributed by atoms with Crippen LogP contribution in [0.15, 0.2) is 66.9 Å². The summed E-state index contributed by atoms with van der Waals surface area (Å²) in [5.74, 6) is -0.152. The minimum atomic E-state index is -1.37. The zero-order valence-corrected chi connectivity index (χ0v) is 23.1. The molecule has 0 spiro atoms. The molecular weight excluding hydrogens is 535 g/mol. The molecule has 1 N–H and O–H groups in total. The number of hydrogen-bond acceptors (Lipinski definition) is 7. The largest absolute Gasteiger partial charge is 0.487 e. The number of carbonyl (C=O) groups is 2. The van der Waals surface area contributed by atoms with Gasteiger partial charge in [0.2, 0.25) is 0 Å². The summed E-state index contributed by atoms with van der Waals surface area (Å²) in [7, 11) is 0. The first-order chi connectivity index (χ1) is 20.4. The zero-order valence-electron chi connectivity index (χ0n) is 23.1. The van der Waals surface area contributed by atoms with Gasteiger partial charge in [-0.15, -0.1) is 0 Å². The molecule has 2 aliphatic heterocycles. The van der Waals surface area contributed by atoms with Crippen LogP contribution < -0.4 is 10.1 Å². The second kappa shape index (κ2) is 13.2. The third-order valence-corrected chi connectivity index (χ3v) is 7.69. The fraction of sp³-hybridized carbons (Fsp3) is 0.344. The van der Waals surface area contributed by atoms with Gasteiger partial charge in [-0.2, -0.15) is 10.5 Å². The molecule has 2 fully saturated rings. The standard InChI is InChI=1S/C32H31FN6O3/c33-28-21-39(16-13-30(28)42-27-8-5-23(18-35)6-9-27)32(41)25-7-10-29(36-19-25)31(40)37-26-11-14-38(15-12-26)20-24-3-1-22(17-34)2-4-24/h1-10,19,26,28,30H,11-16,20-21H2,(H,37,40)/t28-,30-/m0/s1. The second-order valence-electron chi connectivity index (χ2n) is 10.6. The van der Waals surface area contributed by atoms with Gasteiger partial charge in [0.05, 0.1) is 35.4 Å². The van der Waals surface area contributed by atoms with Gasteiger partial charge < -0.3 is 15.0 Å². The molecular formula is C32H31FN6O3. The Morgan fingerprint density at radius 3 is 2.19 bits per heavy atom. The number of hydrogen-bond donors (Lipinski definition) is 1. The summed E-state index contributed by atoms with van der Waals surface area (Å²) in [5, 5.41) is 20.9. The first-order valence-corrected chi connectivity index (χ1v) is 14.0. The zero-order chi connectivity index (χ0) is 29.5. The SMILES string of the molecule is N#Cc1ccc(CN2CCC(NC(=O)c3ccc(C(=O)N4CC[C@H](Oc5ccc(C#N)cc5)[C@@H](F)C4)cn3)CC2)cc1. The first kappa shape index (κ1) is 28.7. The molecule has 42 heavy (non-hydrogen) atoms.